The highest BCUT2D eigenvalue weighted by Crippen LogP contribution is 2.15. The predicted molar refractivity (Wildman–Crippen MR) is 72.8 cm³/mol. The molecule has 0 atom stereocenters. The summed E-state index contributed by atoms with van der Waals surface area (Å²) >= 11 is 3.22. The molecule has 1 heterocycles. The molecule has 0 aromatic heterocycles. The van der Waals surface area contributed by atoms with Gasteiger partial charge >= 0.3 is 6.03 Å². The van der Waals surface area contributed by atoms with E-state index in [1.54, 1.807) is 19.1 Å². The van der Waals surface area contributed by atoms with Crippen molar-refractivity contribution in [3.63, 3.8) is 0 Å². The molecule has 1 aromatic carbocycles. The molecule has 0 unspecified atom stereocenters. The van der Waals surface area contributed by atoms with E-state index in [0.717, 1.165) is 9.48 Å². The number of rotatable bonds is 3. The lowest BCUT2D eigenvalue weighted by atomic mass is 10.4. The second kappa shape index (κ2) is 5.27. The zero-order valence-corrected chi connectivity index (χ0v) is 12.3. The normalized spacial score (nSPS) is 16.0. The molecule has 102 valence electrons. The number of hydrazine groups is 1. The Morgan fingerprint density at radius 2 is 2.00 bits per heavy atom. The van der Waals surface area contributed by atoms with Crippen molar-refractivity contribution in [2.45, 2.75) is 11.8 Å². The third-order valence-corrected chi connectivity index (χ3v) is 4.21. The maximum Gasteiger partial charge on any atom is 0.353 e. The monoisotopic (exact) mass is 346 g/mol. The fourth-order valence-electron chi connectivity index (χ4n) is 1.42. The molecule has 2 N–H and O–H groups in total. The zero-order chi connectivity index (χ0) is 14.0. The van der Waals surface area contributed by atoms with Crippen molar-refractivity contribution in [2.75, 3.05) is 6.54 Å². The third kappa shape index (κ3) is 3.31. The minimum Gasteiger partial charge on any atom is -0.245 e. The number of halogens is 1. The van der Waals surface area contributed by atoms with E-state index in [4.69, 9.17) is 0 Å². The van der Waals surface area contributed by atoms with E-state index in [-0.39, 0.29) is 11.4 Å². The first-order valence-electron chi connectivity index (χ1n) is 5.27. The largest absolute Gasteiger partial charge is 0.353 e. The summed E-state index contributed by atoms with van der Waals surface area (Å²) in [5.41, 5.74) is 2.80. The number of benzene rings is 1. The molecule has 0 saturated heterocycles. The zero-order valence-electron chi connectivity index (χ0n) is 9.92. The summed E-state index contributed by atoms with van der Waals surface area (Å²) in [7, 11) is -3.79. The Kier molecular flexibility index (Phi) is 3.88. The van der Waals surface area contributed by atoms with Crippen molar-refractivity contribution in [1.29, 1.82) is 0 Å². The number of carbonyl (C=O) groups excluding carboxylic acids is 1. The maximum absolute atomic E-state index is 12.1. The van der Waals surface area contributed by atoms with Gasteiger partial charge in [0.05, 0.1) is 17.2 Å². The molecular weight excluding hydrogens is 336 g/mol. The molecule has 19 heavy (non-hydrogen) atoms. The van der Waals surface area contributed by atoms with Crippen LogP contribution in [0.15, 0.2) is 38.7 Å². The number of hydrogen-bond acceptors (Lipinski definition) is 4. The number of nitrogens with one attached hydrogen (secondary N) is 2. The van der Waals surface area contributed by atoms with E-state index in [2.05, 4.69) is 31.3 Å². The van der Waals surface area contributed by atoms with Crippen molar-refractivity contribution in [1.82, 2.24) is 15.3 Å². The molecule has 0 saturated carbocycles. The van der Waals surface area contributed by atoms with Gasteiger partial charge in [-0.25, -0.2) is 23.6 Å². The molecule has 0 spiro atoms. The van der Waals surface area contributed by atoms with Gasteiger partial charge in [0.25, 0.3) is 10.0 Å². The standard InChI is InChI=1S/C10H11BrN4O3S/c1-7-6-15(10(16)13-12-7)14-19(17,18)9-4-2-8(11)3-5-9/h2-5,14H,6H2,1H3,(H,13,16). The molecule has 0 bridgehead atoms. The van der Waals surface area contributed by atoms with E-state index in [9.17, 15) is 13.2 Å². The Morgan fingerprint density at radius 1 is 1.37 bits per heavy atom. The van der Waals surface area contributed by atoms with Crippen LogP contribution in [0.3, 0.4) is 0 Å². The van der Waals surface area contributed by atoms with Gasteiger partial charge in [-0.3, -0.25) is 0 Å². The minimum absolute atomic E-state index is 0.0728. The lowest BCUT2D eigenvalue weighted by Crippen LogP contribution is -2.54. The third-order valence-electron chi connectivity index (χ3n) is 2.33. The number of nitrogens with zero attached hydrogens (tertiary/aromatic N) is 2. The first-order chi connectivity index (χ1) is 8.88. The van der Waals surface area contributed by atoms with Gasteiger partial charge in [0.1, 0.15) is 0 Å². The molecule has 7 nitrogen and oxygen atoms in total. The van der Waals surface area contributed by atoms with E-state index < -0.39 is 16.1 Å². The van der Waals surface area contributed by atoms with Crippen molar-refractivity contribution < 1.29 is 13.2 Å². The minimum atomic E-state index is -3.79. The van der Waals surface area contributed by atoms with Crippen LogP contribution in [0.5, 0.6) is 0 Å². The van der Waals surface area contributed by atoms with Gasteiger partial charge in [-0.05, 0) is 31.2 Å². The molecule has 0 radical (unpaired) electrons. The second-order valence-corrected chi connectivity index (χ2v) is 6.48. The molecule has 2 rings (SSSR count). The van der Waals surface area contributed by atoms with E-state index in [1.165, 1.54) is 12.1 Å². The Morgan fingerprint density at radius 3 is 2.63 bits per heavy atom. The topological polar surface area (TPSA) is 90.9 Å². The van der Waals surface area contributed by atoms with Crippen molar-refractivity contribution in [3.8, 4) is 0 Å². The Hall–Kier alpha value is -1.45. The summed E-state index contributed by atoms with van der Waals surface area (Å²) in [6.45, 7) is 1.78. The fourth-order valence-corrected chi connectivity index (χ4v) is 2.73. The van der Waals surface area contributed by atoms with Gasteiger partial charge in [-0.15, -0.1) is 4.83 Å². The summed E-state index contributed by atoms with van der Waals surface area (Å²) in [5, 5.41) is 4.67. The number of amides is 2. The average Bonchev–Trinajstić information content (AvgIpc) is 2.34. The van der Waals surface area contributed by atoms with E-state index in [1.807, 2.05) is 0 Å². The first-order valence-corrected chi connectivity index (χ1v) is 7.55. The summed E-state index contributed by atoms with van der Waals surface area (Å²) in [6.07, 6.45) is 0. The molecular formula is C10H11BrN4O3S. The number of carbonyl (C=O) groups is 1. The highest BCUT2D eigenvalue weighted by Gasteiger charge is 2.25. The average molecular weight is 347 g/mol. The van der Waals surface area contributed by atoms with Gasteiger partial charge in [0.2, 0.25) is 0 Å². The Balaban J connectivity index is 2.20. The summed E-state index contributed by atoms with van der Waals surface area (Å²) < 4.78 is 24.9. The second-order valence-electron chi connectivity index (χ2n) is 3.90. The Bertz CT molecular complexity index is 627. The quantitative estimate of drug-likeness (QED) is 0.856. The van der Waals surface area contributed by atoms with Gasteiger partial charge in [0.15, 0.2) is 0 Å². The maximum atomic E-state index is 12.1. The number of urea groups is 1. The van der Waals surface area contributed by atoms with Crippen molar-refractivity contribution in [2.24, 2.45) is 5.10 Å². The van der Waals surface area contributed by atoms with Gasteiger partial charge in [0, 0.05) is 4.47 Å². The van der Waals surface area contributed by atoms with Crippen LogP contribution in [0.1, 0.15) is 6.92 Å². The van der Waals surface area contributed by atoms with Gasteiger partial charge in [-0.2, -0.15) is 5.10 Å². The molecule has 1 aromatic rings. The van der Waals surface area contributed by atoms with E-state index in [0.29, 0.717) is 5.71 Å². The smallest absolute Gasteiger partial charge is 0.245 e. The molecule has 2 amide bonds. The van der Waals surface area contributed by atoms with Crippen molar-refractivity contribution in [3.05, 3.63) is 28.7 Å². The van der Waals surface area contributed by atoms with Crippen LogP contribution < -0.4 is 10.3 Å². The summed E-state index contributed by atoms with van der Waals surface area (Å²) in [6, 6.07) is 5.48. The highest BCUT2D eigenvalue weighted by molar-refractivity contribution is 9.10. The first kappa shape index (κ1) is 14.0. The summed E-state index contributed by atoms with van der Waals surface area (Å²) in [4.78, 5) is 13.8. The van der Waals surface area contributed by atoms with E-state index >= 15 is 0 Å². The van der Waals surface area contributed by atoms with Gasteiger partial charge < -0.3 is 0 Å². The fraction of sp³-hybridized carbons (Fsp3) is 0.200. The van der Waals surface area contributed by atoms with Crippen LogP contribution >= 0.6 is 15.9 Å². The molecule has 1 aliphatic heterocycles. The molecule has 0 fully saturated rings. The lowest BCUT2D eigenvalue weighted by Gasteiger charge is -2.25. The van der Waals surface area contributed by atoms with Crippen LogP contribution in [0.25, 0.3) is 0 Å². The van der Waals surface area contributed by atoms with Crippen LogP contribution in [0.2, 0.25) is 0 Å². The molecule has 0 aliphatic carbocycles. The molecule has 9 heteroatoms. The van der Waals surface area contributed by atoms with Crippen LogP contribution in [0.4, 0.5) is 4.79 Å². The van der Waals surface area contributed by atoms with Crippen LogP contribution in [-0.2, 0) is 10.0 Å². The van der Waals surface area contributed by atoms with Crippen molar-refractivity contribution >= 4 is 37.7 Å². The lowest BCUT2D eigenvalue weighted by molar-refractivity contribution is 0.193. The molecule has 1 aliphatic rings. The number of hydrogen-bond donors (Lipinski definition) is 2. The van der Waals surface area contributed by atoms with Crippen LogP contribution in [0, 0.1) is 0 Å². The number of sulfonamides is 1. The van der Waals surface area contributed by atoms with Gasteiger partial charge in [-0.1, -0.05) is 15.9 Å². The number of hydrazone groups is 1. The Labute approximate surface area is 118 Å². The highest BCUT2D eigenvalue weighted by atomic mass is 79.9. The predicted octanol–water partition coefficient (Wildman–Crippen LogP) is 1.04. The SMILES string of the molecule is CC1=NNC(=O)N(NS(=O)(=O)c2ccc(Br)cc2)C1. The summed E-state index contributed by atoms with van der Waals surface area (Å²) in [5.74, 6) is 0. The van der Waals surface area contributed by atoms with Crippen LogP contribution in [-0.4, -0.2) is 31.7 Å².